The molecule has 1 saturated heterocycles. The van der Waals surface area contributed by atoms with Crippen LogP contribution in [0.2, 0.25) is 0 Å². The van der Waals surface area contributed by atoms with Crippen LogP contribution < -0.4 is 15.0 Å². The number of hydrogen-bond donors (Lipinski definition) is 1. The molecule has 1 aliphatic rings. The molecule has 0 spiro atoms. The number of aromatic nitrogens is 2. The third-order valence-corrected chi connectivity index (χ3v) is 6.43. The average Bonchev–Trinajstić information content (AvgIpc) is 3.28. The van der Waals surface area contributed by atoms with E-state index in [-0.39, 0.29) is 18.2 Å². The van der Waals surface area contributed by atoms with Crippen molar-refractivity contribution in [2.75, 3.05) is 29.6 Å². The van der Waals surface area contributed by atoms with E-state index in [2.05, 4.69) is 29.4 Å². The van der Waals surface area contributed by atoms with Crippen molar-refractivity contribution in [2.24, 2.45) is 11.8 Å². The summed E-state index contributed by atoms with van der Waals surface area (Å²) in [6.07, 6.45) is 1.27. The van der Waals surface area contributed by atoms with Crippen LogP contribution in [0, 0.1) is 11.8 Å². The number of benzene rings is 1. The lowest BCUT2D eigenvalue weighted by atomic mass is 10.1. The summed E-state index contributed by atoms with van der Waals surface area (Å²) in [6, 6.07) is 7.32. The third-order valence-electron chi connectivity index (χ3n) is 4.43. The lowest BCUT2D eigenvalue weighted by Crippen LogP contribution is -2.28. The lowest BCUT2D eigenvalue weighted by Gasteiger charge is -2.19. The number of amides is 2. The Labute approximate surface area is 172 Å². The molecule has 1 atom stereocenters. The fraction of sp³-hybridized carbons (Fsp3) is 0.474. The number of methoxy groups -OCH3 is 1. The molecule has 7 nitrogen and oxygen atoms in total. The molecule has 9 heteroatoms. The fourth-order valence-corrected chi connectivity index (χ4v) is 4.94. The highest BCUT2D eigenvalue weighted by Crippen LogP contribution is 2.33. The highest BCUT2D eigenvalue weighted by molar-refractivity contribution is 8.01. The van der Waals surface area contributed by atoms with Gasteiger partial charge in [0.05, 0.1) is 18.7 Å². The van der Waals surface area contributed by atoms with Crippen LogP contribution in [0.1, 0.15) is 26.7 Å². The van der Waals surface area contributed by atoms with Crippen LogP contribution in [-0.2, 0) is 9.59 Å². The monoisotopic (exact) mass is 420 g/mol. The second-order valence-corrected chi connectivity index (χ2v) is 9.29. The molecule has 2 heterocycles. The summed E-state index contributed by atoms with van der Waals surface area (Å²) in [5.41, 5.74) is 0.685. The Morgan fingerprint density at radius 2 is 2.18 bits per heavy atom. The second-order valence-electron chi connectivity index (χ2n) is 6.97. The number of hydrogen-bond acceptors (Lipinski definition) is 7. The summed E-state index contributed by atoms with van der Waals surface area (Å²) in [4.78, 5) is 26.7. The minimum atomic E-state index is -0.432. The van der Waals surface area contributed by atoms with E-state index in [1.807, 2.05) is 18.2 Å². The predicted octanol–water partition coefficient (Wildman–Crippen LogP) is 3.68. The first-order chi connectivity index (χ1) is 13.5. The Balaban J connectivity index is 1.58. The Morgan fingerprint density at radius 3 is 2.93 bits per heavy atom. The summed E-state index contributed by atoms with van der Waals surface area (Å²) in [6.45, 7) is 4.69. The second kappa shape index (κ2) is 9.38. The smallest absolute Gasteiger partial charge is 0.231 e. The van der Waals surface area contributed by atoms with Gasteiger partial charge in [-0.1, -0.05) is 49.1 Å². The van der Waals surface area contributed by atoms with Crippen molar-refractivity contribution >= 4 is 45.7 Å². The highest BCUT2D eigenvalue weighted by Gasteiger charge is 2.36. The normalized spacial score (nSPS) is 16.6. The van der Waals surface area contributed by atoms with Gasteiger partial charge < -0.3 is 15.0 Å². The van der Waals surface area contributed by atoms with Gasteiger partial charge in [0, 0.05) is 18.7 Å². The molecular formula is C19H24N4O3S2. The van der Waals surface area contributed by atoms with Crippen LogP contribution in [0.25, 0.3) is 0 Å². The van der Waals surface area contributed by atoms with Crippen molar-refractivity contribution in [3.63, 3.8) is 0 Å². The van der Waals surface area contributed by atoms with Crippen molar-refractivity contribution in [2.45, 2.75) is 31.0 Å². The number of para-hydroxylation sites is 2. The first kappa shape index (κ1) is 20.6. The van der Waals surface area contributed by atoms with Crippen LogP contribution in [-0.4, -0.2) is 41.4 Å². The number of carbonyl (C=O) groups is 2. The van der Waals surface area contributed by atoms with E-state index >= 15 is 0 Å². The molecule has 1 aliphatic heterocycles. The number of anilines is 2. The topological polar surface area (TPSA) is 84.4 Å². The van der Waals surface area contributed by atoms with E-state index < -0.39 is 5.92 Å². The molecule has 0 radical (unpaired) electrons. The summed E-state index contributed by atoms with van der Waals surface area (Å²) in [5, 5.41) is 11.4. The minimum Gasteiger partial charge on any atom is -0.495 e. The van der Waals surface area contributed by atoms with E-state index in [9.17, 15) is 9.59 Å². The first-order valence-corrected chi connectivity index (χ1v) is 11.0. The van der Waals surface area contributed by atoms with Gasteiger partial charge in [-0.15, -0.1) is 10.2 Å². The fourth-order valence-electron chi connectivity index (χ4n) is 2.88. The Hall–Kier alpha value is -2.13. The number of thioether (sulfide) groups is 1. The molecule has 2 amide bonds. The molecular weight excluding hydrogens is 396 g/mol. The molecule has 1 aromatic carbocycles. The van der Waals surface area contributed by atoms with Crippen molar-refractivity contribution in [1.29, 1.82) is 0 Å². The van der Waals surface area contributed by atoms with E-state index in [4.69, 9.17) is 4.74 Å². The van der Waals surface area contributed by atoms with Gasteiger partial charge in [0.15, 0.2) is 4.34 Å². The maximum atomic E-state index is 12.6. The van der Waals surface area contributed by atoms with Crippen LogP contribution in [0.4, 0.5) is 10.8 Å². The van der Waals surface area contributed by atoms with Gasteiger partial charge >= 0.3 is 0 Å². The van der Waals surface area contributed by atoms with Crippen LogP contribution in [0.5, 0.6) is 5.75 Å². The maximum absolute atomic E-state index is 12.6. The Kier molecular flexibility index (Phi) is 6.90. The first-order valence-electron chi connectivity index (χ1n) is 9.18. The summed E-state index contributed by atoms with van der Waals surface area (Å²) >= 11 is 3.01. The molecule has 1 aromatic heterocycles. The largest absolute Gasteiger partial charge is 0.495 e. The van der Waals surface area contributed by atoms with Crippen LogP contribution in [0.3, 0.4) is 0 Å². The molecule has 1 fully saturated rings. The van der Waals surface area contributed by atoms with Gasteiger partial charge in [0.25, 0.3) is 0 Å². The number of carbonyl (C=O) groups excluding carboxylic acids is 2. The van der Waals surface area contributed by atoms with Gasteiger partial charge in [0.2, 0.25) is 16.9 Å². The van der Waals surface area contributed by atoms with Crippen LogP contribution >= 0.6 is 23.1 Å². The zero-order chi connectivity index (χ0) is 20.1. The molecule has 3 rings (SSSR count). The molecule has 0 bridgehead atoms. The lowest BCUT2D eigenvalue weighted by molar-refractivity contribution is -0.122. The van der Waals surface area contributed by atoms with Gasteiger partial charge in [-0.05, 0) is 24.5 Å². The zero-order valence-corrected chi connectivity index (χ0v) is 17.8. The standard InChI is InChI=1S/C19H24N4O3S2/c1-12(2)8-9-27-19-22-21-18(28-19)20-17(25)13-10-16(24)23(11-13)14-6-4-5-7-15(14)26-3/h4-7,12-13H,8-11H2,1-3H3,(H,20,21,25)/t13-/m1/s1. The number of rotatable bonds is 8. The van der Waals surface area contributed by atoms with Gasteiger partial charge in [-0.25, -0.2) is 0 Å². The van der Waals surface area contributed by atoms with Gasteiger partial charge in [-0.2, -0.15) is 0 Å². The van der Waals surface area contributed by atoms with E-state index in [1.54, 1.807) is 29.8 Å². The van der Waals surface area contributed by atoms with Crippen molar-refractivity contribution in [3.05, 3.63) is 24.3 Å². The quantitative estimate of drug-likeness (QED) is 0.518. The average molecular weight is 421 g/mol. The van der Waals surface area contributed by atoms with Crippen LogP contribution in [0.15, 0.2) is 28.6 Å². The van der Waals surface area contributed by atoms with E-state index in [1.165, 1.54) is 11.3 Å². The third kappa shape index (κ3) is 5.02. The maximum Gasteiger partial charge on any atom is 0.231 e. The summed E-state index contributed by atoms with van der Waals surface area (Å²) < 4.78 is 6.18. The molecule has 1 N–H and O–H groups in total. The number of ether oxygens (including phenoxy) is 1. The molecule has 150 valence electrons. The Bertz CT molecular complexity index is 840. The predicted molar refractivity (Wildman–Crippen MR) is 112 cm³/mol. The summed E-state index contributed by atoms with van der Waals surface area (Å²) in [5.74, 6) is 1.51. The van der Waals surface area contributed by atoms with Crippen molar-refractivity contribution in [3.8, 4) is 5.75 Å². The number of nitrogens with one attached hydrogen (secondary N) is 1. The zero-order valence-electron chi connectivity index (χ0n) is 16.2. The van der Waals surface area contributed by atoms with Gasteiger partial charge in [-0.3, -0.25) is 9.59 Å². The molecule has 2 aromatic rings. The Morgan fingerprint density at radius 1 is 1.39 bits per heavy atom. The summed E-state index contributed by atoms with van der Waals surface area (Å²) in [7, 11) is 1.57. The minimum absolute atomic E-state index is 0.0909. The molecule has 0 aliphatic carbocycles. The SMILES string of the molecule is COc1ccccc1N1C[C@H](C(=O)Nc2nnc(SCCC(C)C)s2)CC1=O. The highest BCUT2D eigenvalue weighted by atomic mass is 32.2. The van der Waals surface area contributed by atoms with Crippen molar-refractivity contribution in [1.82, 2.24) is 10.2 Å². The van der Waals surface area contributed by atoms with Crippen molar-refractivity contribution < 1.29 is 14.3 Å². The molecule has 28 heavy (non-hydrogen) atoms. The van der Waals surface area contributed by atoms with Gasteiger partial charge in [0.1, 0.15) is 5.75 Å². The molecule has 0 unspecified atom stereocenters. The van der Waals surface area contributed by atoms with E-state index in [0.717, 1.165) is 16.5 Å². The number of nitrogens with zero attached hydrogens (tertiary/aromatic N) is 3. The molecule has 0 saturated carbocycles. The van der Waals surface area contributed by atoms with E-state index in [0.29, 0.717) is 29.0 Å².